The van der Waals surface area contributed by atoms with Gasteiger partial charge in [-0.2, -0.15) is 0 Å². The highest BCUT2D eigenvalue weighted by atomic mass is 79.9. The Bertz CT molecular complexity index is 333. The van der Waals surface area contributed by atoms with Crippen LogP contribution in [0.3, 0.4) is 0 Å². The van der Waals surface area contributed by atoms with Crippen LogP contribution in [-0.2, 0) is 0 Å². The first-order valence-electron chi connectivity index (χ1n) is 4.42. The maximum absolute atomic E-state index is 9.79. The van der Waals surface area contributed by atoms with Crippen molar-refractivity contribution in [3.8, 4) is 11.5 Å². The maximum atomic E-state index is 9.79. The molecule has 0 radical (unpaired) electrons. The molecule has 0 unspecified atom stereocenters. The van der Waals surface area contributed by atoms with Crippen molar-refractivity contribution in [3.05, 3.63) is 22.2 Å². The molecule has 0 aromatic heterocycles. The average Bonchev–Trinajstić information content (AvgIpc) is 2.19. The summed E-state index contributed by atoms with van der Waals surface area (Å²) in [5.74, 6) is 0.573. The summed E-state index contributed by atoms with van der Waals surface area (Å²) in [5, 5.41) is 9.79. The van der Waals surface area contributed by atoms with Crippen LogP contribution in [0.5, 0.6) is 11.5 Å². The van der Waals surface area contributed by atoms with Crippen LogP contribution in [0.1, 0.15) is 24.9 Å². The first-order chi connectivity index (χ1) is 6.60. The summed E-state index contributed by atoms with van der Waals surface area (Å²) in [4.78, 5) is 0. The lowest BCUT2D eigenvalue weighted by atomic mass is 10.0. The van der Waals surface area contributed by atoms with Crippen LogP contribution in [0.25, 0.3) is 0 Å². The second-order valence-corrected chi connectivity index (χ2v) is 3.98. The van der Waals surface area contributed by atoms with Gasteiger partial charge in [-0.15, -0.1) is 12.4 Å². The third-order valence-corrected chi connectivity index (χ3v) is 2.59. The summed E-state index contributed by atoms with van der Waals surface area (Å²) in [5.41, 5.74) is 6.56. The van der Waals surface area contributed by atoms with Crippen molar-refractivity contribution in [1.29, 1.82) is 0 Å². The Morgan fingerprint density at radius 1 is 1.53 bits per heavy atom. The van der Waals surface area contributed by atoms with Crippen LogP contribution in [0.4, 0.5) is 0 Å². The summed E-state index contributed by atoms with van der Waals surface area (Å²) in [6.45, 7) is 1.97. The zero-order chi connectivity index (χ0) is 10.7. The number of aromatic hydroxyl groups is 1. The zero-order valence-corrected chi connectivity index (χ0v) is 11.1. The molecule has 1 aromatic rings. The Kier molecular flexibility index (Phi) is 6.02. The minimum absolute atomic E-state index is 0. The third-order valence-electron chi connectivity index (χ3n) is 2.13. The molecular formula is C10H15BrClNO2. The van der Waals surface area contributed by atoms with E-state index in [-0.39, 0.29) is 24.2 Å². The molecule has 0 amide bonds. The molecule has 3 nitrogen and oxygen atoms in total. The molecule has 86 valence electrons. The Balaban J connectivity index is 0.00000196. The summed E-state index contributed by atoms with van der Waals surface area (Å²) >= 11 is 3.34. The van der Waals surface area contributed by atoms with Gasteiger partial charge in [-0.25, -0.2) is 0 Å². The van der Waals surface area contributed by atoms with Gasteiger partial charge >= 0.3 is 0 Å². The number of hydrogen-bond donors (Lipinski definition) is 2. The molecule has 0 bridgehead atoms. The van der Waals surface area contributed by atoms with E-state index < -0.39 is 0 Å². The quantitative estimate of drug-likeness (QED) is 0.901. The molecule has 15 heavy (non-hydrogen) atoms. The van der Waals surface area contributed by atoms with E-state index >= 15 is 0 Å². The molecule has 0 saturated carbocycles. The molecule has 1 atom stereocenters. The van der Waals surface area contributed by atoms with Crippen molar-refractivity contribution in [2.24, 2.45) is 5.73 Å². The van der Waals surface area contributed by atoms with E-state index in [9.17, 15) is 5.11 Å². The smallest absolute Gasteiger partial charge is 0.162 e. The summed E-state index contributed by atoms with van der Waals surface area (Å²) in [7, 11) is 1.52. The van der Waals surface area contributed by atoms with Crippen LogP contribution >= 0.6 is 28.3 Å². The second kappa shape index (κ2) is 6.20. The lowest BCUT2D eigenvalue weighted by molar-refractivity contribution is 0.368. The number of phenols is 1. The minimum atomic E-state index is -0.165. The molecule has 0 saturated heterocycles. The molecule has 0 aliphatic carbocycles. The number of rotatable bonds is 3. The molecule has 0 heterocycles. The van der Waals surface area contributed by atoms with Crippen molar-refractivity contribution in [3.63, 3.8) is 0 Å². The van der Waals surface area contributed by atoms with E-state index in [0.717, 1.165) is 10.9 Å². The highest BCUT2D eigenvalue weighted by Gasteiger charge is 2.14. The standard InChI is InChI=1S/C10H14BrNO2.ClH/c1-3-8(12)7-4-6(11)5-9(14-2)10(7)13;/h4-5,8,13H,3,12H2,1-2H3;1H/t8-;/m1./s1. The molecule has 0 aliphatic heterocycles. The van der Waals surface area contributed by atoms with Gasteiger partial charge < -0.3 is 15.6 Å². The second-order valence-electron chi connectivity index (χ2n) is 3.06. The Morgan fingerprint density at radius 3 is 2.60 bits per heavy atom. The highest BCUT2D eigenvalue weighted by molar-refractivity contribution is 9.10. The van der Waals surface area contributed by atoms with E-state index in [1.54, 1.807) is 6.07 Å². The van der Waals surface area contributed by atoms with E-state index in [1.165, 1.54) is 7.11 Å². The maximum Gasteiger partial charge on any atom is 0.162 e. The number of hydrogen-bond acceptors (Lipinski definition) is 3. The highest BCUT2D eigenvalue weighted by Crippen LogP contribution is 2.36. The third kappa shape index (κ3) is 3.26. The van der Waals surface area contributed by atoms with E-state index in [2.05, 4.69) is 15.9 Å². The number of phenolic OH excluding ortho intramolecular Hbond substituents is 1. The van der Waals surface area contributed by atoms with Gasteiger partial charge in [-0.05, 0) is 18.6 Å². The number of methoxy groups -OCH3 is 1. The van der Waals surface area contributed by atoms with Crippen molar-refractivity contribution < 1.29 is 9.84 Å². The first kappa shape index (κ1) is 14.6. The van der Waals surface area contributed by atoms with Gasteiger partial charge in [0.1, 0.15) is 0 Å². The van der Waals surface area contributed by atoms with Gasteiger partial charge in [-0.1, -0.05) is 22.9 Å². The van der Waals surface area contributed by atoms with Crippen molar-refractivity contribution >= 4 is 28.3 Å². The van der Waals surface area contributed by atoms with E-state index in [1.807, 2.05) is 13.0 Å². The molecular weight excluding hydrogens is 281 g/mol. The van der Waals surface area contributed by atoms with Crippen molar-refractivity contribution in [2.45, 2.75) is 19.4 Å². The van der Waals surface area contributed by atoms with Crippen LogP contribution in [0.2, 0.25) is 0 Å². The van der Waals surface area contributed by atoms with Gasteiger partial charge in [0.15, 0.2) is 11.5 Å². The summed E-state index contributed by atoms with van der Waals surface area (Å²) in [6.07, 6.45) is 0.771. The minimum Gasteiger partial charge on any atom is -0.504 e. The normalized spacial score (nSPS) is 11.7. The number of benzene rings is 1. The molecule has 5 heteroatoms. The van der Waals surface area contributed by atoms with Gasteiger partial charge in [0.25, 0.3) is 0 Å². The lowest BCUT2D eigenvalue weighted by Crippen LogP contribution is -2.09. The molecule has 0 spiro atoms. The fourth-order valence-corrected chi connectivity index (χ4v) is 1.71. The van der Waals surface area contributed by atoms with Crippen molar-refractivity contribution in [2.75, 3.05) is 7.11 Å². The zero-order valence-electron chi connectivity index (χ0n) is 8.66. The van der Waals surface area contributed by atoms with Gasteiger partial charge in [0.05, 0.1) is 7.11 Å². The molecule has 0 fully saturated rings. The fourth-order valence-electron chi connectivity index (χ4n) is 1.25. The van der Waals surface area contributed by atoms with Gasteiger partial charge in [0.2, 0.25) is 0 Å². The SMILES string of the molecule is CC[C@@H](N)c1cc(Br)cc(OC)c1O.Cl. The van der Waals surface area contributed by atoms with Crippen LogP contribution in [0, 0.1) is 0 Å². The largest absolute Gasteiger partial charge is 0.504 e. The predicted octanol–water partition coefficient (Wildman–Crippen LogP) is 2.99. The fraction of sp³-hybridized carbons (Fsp3) is 0.400. The molecule has 1 rings (SSSR count). The van der Waals surface area contributed by atoms with Crippen LogP contribution < -0.4 is 10.5 Å². The Labute approximate surface area is 104 Å². The first-order valence-corrected chi connectivity index (χ1v) is 5.21. The van der Waals surface area contributed by atoms with E-state index in [4.69, 9.17) is 10.5 Å². The lowest BCUT2D eigenvalue weighted by Gasteiger charge is -2.14. The van der Waals surface area contributed by atoms with Gasteiger partial charge in [0, 0.05) is 16.1 Å². The topological polar surface area (TPSA) is 55.5 Å². The Morgan fingerprint density at radius 2 is 2.13 bits per heavy atom. The van der Waals surface area contributed by atoms with Gasteiger partial charge in [-0.3, -0.25) is 0 Å². The van der Waals surface area contributed by atoms with Crippen molar-refractivity contribution in [1.82, 2.24) is 0 Å². The van der Waals surface area contributed by atoms with Crippen LogP contribution in [0.15, 0.2) is 16.6 Å². The molecule has 1 aromatic carbocycles. The summed E-state index contributed by atoms with van der Waals surface area (Å²) in [6, 6.07) is 3.36. The predicted molar refractivity (Wildman–Crippen MR) is 66.8 cm³/mol. The number of ether oxygens (including phenoxy) is 1. The Hall–Kier alpha value is -0.450. The molecule has 3 N–H and O–H groups in total. The van der Waals surface area contributed by atoms with E-state index in [0.29, 0.717) is 11.3 Å². The monoisotopic (exact) mass is 295 g/mol. The number of halogens is 2. The number of nitrogens with two attached hydrogens (primary N) is 1. The van der Waals surface area contributed by atoms with Crippen LogP contribution in [-0.4, -0.2) is 12.2 Å². The summed E-state index contributed by atoms with van der Waals surface area (Å²) < 4.78 is 5.88. The molecule has 0 aliphatic rings. The average molecular weight is 297 g/mol.